The fourth-order valence-corrected chi connectivity index (χ4v) is 11.6. The topological polar surface area (TPSA) is 63.6 Å². The molecule has 0 aliphatic heterocycles. The number of fused-ring (bicyclic) bond motifs is 2. The lowest BCUT2D eigenvalue weighted by Gasteiger charge is -2.67. The van der Waals surface area contributed by atoms with Crippen LogP contribution in [0, 0.1) is 50.2 Å². The number of carbonyl (C=O) groups is 2. The summed E-state index contributed by atoms with van der Waals surface area (Å²) in [6.07, 6.45) is 12.5. The van der Waals surface area contributed by atoms with Gasteiger partial charge in [0.15, 0.2) is 0 Å². The summed E-state index contributed by atoms with van der Waals surface area (Å²) in [7, 11) is 0. The van der Waals surface area contributed by atoms with Gasteiger partial charge in [-0.1, -0.05) is 41.5 Å². The highest BCUT2D eigenvalue weighted by Crippen LogP contribution is 2.92. The Labute approximate surface area is 207 Å². The van der Waals surface area contributed by atoms with Crippen LogP contribution in [0.4, 0.5) is 0 Å². The highest BCUT2D eigenvalue weighted by Gasteiger charge is 2.85. The first-order chi connectivity index (χ1) is 15.7. The van der Waals surface area contributed by atoms with Crippen LogP contribution in [-0.2, 0) is 14.3 Å². The first-order valence-corrected chi connectivity index (χ1v) is 14.1. The van der Waals surface area contributed by atoms with Gasteiger partial charge in [0.1, 0.15) is 6.10 Å². The number of aliphatic carboxylic acids is 1. The molecule has 2 spiro atoms. The van der Waals surface area contributed by atoms with Crippen molar-refractivity contribution in [2.75, 3.05) is 0 Å². The fourth-order valence-electron chi connectivity index (χ4n) is 11.6. The lowest BCUT2D eigenvalue weighted by molar-refractivity contribution is -0.212. The lowest BCUT2D eigenvalue weighted by atomic mass is 9.38. The molecule has 0 bridgehead atoms. The Morgan fingerprint density at radius 1 is 0.941 bits per heavy atom. The Morgan fingerprint density at radius 3 is 2.29 bits per heavy atom. The molecule has 0 amide bonds. The molecule has 9 atom stereocenters. The minimum atomic E-state index is -0.654. The molecule has 0 aromatic carbocycles. The Bertz CT molecular complexity index is 894. The zero-order valence-electron chi connectivity index (χ0n) is 22.8. The molecule has 4 nitrogen and oxygen atoms in total. The zero-order valence-corrected chi connectivity index (χ0v) is 22.8. The molecule has 0 aromatic heterocycles. The van der Waals surface area contributed by atoms with Crippen LogP contribution in [0.2, 0.25) is 0 Å². The summed E-state index contributed by atoms with van der Waals surface area (Å²) in [5.74, 6) is 1.13. The van der Waals surface area contributed by atoms with Crippen molar-refractivity contribution in [2.24, 2.45) is 50.2 Å². The molecule has 1 N–H and O–H groups in total. The van der Waals surface area contributed by atoms with Gasteiger partial charge in [0.05, 0.1) is 0 Å². The Balaban J connectivity index is 1.44. The van der Waals surface area contributed by atoms with Crippen LogP contribution in [0.3, 0.4) is 0 Å². The number of carboxylic acids is 1. The van der Waals surface area contributed by atoms with Crippen LogP contribution in [-0.4, -0.2) is 23.1 Å². The van der Waals surface area contributed by atoms with Gasteiger partial charge >= 0.3 is 11.9 Å². The highest BCUT2D eigenvalue weighted by molar-refractivity contribution is 5.66. The molecular formula is C30H48O4. The third-order valence-corrected chi connectivity index (χ3v) is 13.9. The summed E-state index contributed by atoms with van der Waals surface area (Å²) in [5, 5.41) is 9.26. The van der Waals surface area contributed by atoms with Crippen molar-refractivity contribution < 1.29 is 19.4 Å². The molecule has 5 fully saturated rings. The monoisotopic (exact) mass is 472 g/mol. The van der Waals surface area contributed by atoms with Gasteiger partial charge in [0, 0.05) is 18.8 Å². The van der Waals surface area contributed by atoms with Crippen LogP contribution < -0.4 is 0 Å². The minimum absolute atomic E-state index is 0.00337. The van der Waals surface area contributed by atoms with Crippen molar-refractivity contribution in [1.29, 1.82) is 0 Å². The van der Waals surface area contributed by atoms with Gasteiger partial charge in [-0.05, 0) is 109 Å². The van der Waals surface area contributed by atoms with E-state index >= 15 is 0 Å². The molecule has 34 heavy (non-hydrogen) atoms. The first-order valence-electron chi connectivity index (χ1n) is 14.1. The number of hydrogen-bond donors (Lipinski definition) is 1. The van der Waals surface area contributed by atoms with Crippen LogP contribution in [0.25, 0.3) is 0 Å². The van der Waals surface area contributed by atoms with E-state index < -0.39 is 5.97 Å². The van der Waals surface area contributed by atoms with Crippen LogP contribution in [0.5, 0.6) is 0 Å². The van der Waals surface area contributed by atoms with E-state index in [1.54, 1.807) is 6.92 Å². The zero-order chi connectivity index (χ0) is 24.9. The molecule has 5 saturated carbocycles. The predicted molar refractivity (Wildman–Crippen MR) is 133 cm³/mol. The molecule has 9 unspecified atom stereocenters. The number of rotatable bonds is 5. The van der Waals surface area contributed by atoms with Gasteiger partial charge in [0.2, 0.25) is 0 Å². The Hall–Kier alpha value is -1.06. The first kappa shape index (κ1) is 24.6. The molecule has 5 aliphatic rings. The van der Waals surface area contributed by atoms with Gasteiger partial charge < -0.3 is 9.84 Å². The second-order valence-electron chi connectivity index (χ2n) is 14.6. The van der Waals surface area contributed by atoms with Crippen molar-refractivity contribution in [3.63, 3.8) is 0 Å². The van der Waals surface area contributed by atoms with Gasteiger partial charge in [-0.3, -0.25) is 9.59 Å². The summed E-state index contributed by atoms with van der Waals surface area (Å²) >= 11 is 0. The summed E-state index contributed by atoms with van der Waals surface area (Å²) < 4.78 is 5.92. The minimum Gasteiger partial charge on any atom is -0.481 e. The number of carboxylic acid groups (broad SMARTS) is 1. The third kappa shape index (κ3) is 2.72. The van der Waals surface area contributed by atoms with Crippen molar-refractivity contribution in [1.82, 2.24) is 0 Å². The van der Waals surface area contributed by atoms with E-state index in [0.717, 1.165) is 18.8 Å². The van der Waals surface area contributed by atoms with E-state index in [-0.39, 0.29) is 22.9 Å². The van der Waals surface area contributed by atoms with E-state index in [4.69, 9.17) is 4.74 Å². The molecule has 0 heterocycles. The van der Waals surface area contributed by atoms with Crippen LogP contribution >= 0.6 is 0 Å². The van der Waals surface area contributed by atoms with E-state index in [0.29, 0.717) is 39.9 Å². The maximum atomic E-state index is 11.9. The van der Waals surface area contributed by atoms with E-state index in [1.165, 1.54) is 51.4 Å². The summed E-state index contributed by atoms with van der Waals surface area (Å²) in [6.45, 7) is 16.4. The molecule has 5 aliphatic carbocycles. The number of ether oxygens (including phenoxy) is 1. The molecule has 0 aromatic rings. The van der Waals surface area contributed by atoms with E-state index in [1.807, 2.05) is 0 Å². The molecule has 192 valence electrons. The van der Waals surface area contributed by atoms with E-state index in [9.17, 15) is 14.7 Å². The summed E-state index contributed by atoms with van der Waals surface area (Å²) in [5.41, 5.74) is 1.76. The third-order valence-electron chi connectivity index (χ3n) is 13.9. The molecular weight excluding hydrogens is 424 g/mol. The molecule has 0 saturated heterocycles. The van der Waals surface area contributed by atoms with Gasteiger partial charge in [-0.15, -0.1) is 0 Å². The second kappa shape index (κ2) is 7.25. The fraction of sp³-hybridized carbons (Fsp3) is 0.933. The smallest absolute Gasteiger partial charge is 0.303 e. The lowest BCUT2D eigenvalue weighted by Crippen LogP contribution is -2.62. The number of carbonyl (C=O) groups excluding carboxylic acids is 1. The van der Waals surface area contributed by atoms with Gasteiger partial charge in [-0.25, -0.2) is 0 Å². The van der Waals surface area contributed by atoms with Gasteiger partial charge in [0.25, 0.3) is 0 Å². The Morgan fingerprint density at radius 2 is 1.65 bits per heavy atom. The maximum Gasteiger partial charge on any atom is 0.303 e. The average molecular weight is 473 g/mol. The van der Waals surface area contributed by atoms with Crippen molar-refractivity contribution in [3.05, 3.63) is 0 Å². The SMILES string of the molecule is CC(=O)OC1CCC23CC24CCC2(C)C(C(C)CCC(=O)O)CCC2(C)C4CCC3(C)C1(C)C. The molecule has 4 heteroatoms. The van der Waals surface area contributed by atoms with Crippen LogP contribution in [0.1, 0.15) is 119 Å². The van der Waals surface area contributed by atoms with Gasteiger partial charge in [-0.2, -0.15) is 0 Å². The molecule has 5 rings (SSSR count). The number of hydrogen-bond acceptors (Lipinski definition) is 3. The predicted octanol–water partition coefficient (Wildman–Crippen LogP) is 7.25. The maximum absolute atomic E-state index is 11.9. The Kier molecular flexibility index (Phi) is 5.25. The quantitative estimate of drug-likeness (QED) is 0.428. The van der Waals surface area contributed by atoms with Crippen molar-refractivity contribution >= 4 is 11.9 Å². The van der Waals surface area contributed by atoms with Crippen molar-refractivity contribution in [3.8, 4) is 0 Å². The normalized spacial score (nSPS) is 51.3. The molecule has 0 radical (unpaired) electrons. The largest absolute Gasteiger partial charge is 0.481 e. The average Bonchev–Trinajstić information content (AvgIpc) is 3.33. The number of esters is 1. The second-order valence-corrected chi connectivity index (χ2v) is 14.6. The van der Waals surface area contributed by atoms with Crippen molar-refractivity contribution in [2.45, 2.75) is 125 Å². The standard InChI is InChI=1S/C30H48O4/c1-19(8-9-24(32)33)21-10-13-27(6)22-11-14-28(7)25(3,4)23(34-20(2)31)12-15-30(28)18-29(22,30)17-16-26(21,27)5/h19,21-23H,8-18H2,1-7H3,(H,32,33). The van der Waals surface area contributed by atoms with Crippen LogP contribution in [0.15, 0.2) is 0 Å². The summed E-state index contributed by atoms with van der Waals surface area (Å²) in [4.78, 5) is 23.1. The van der Waals surface area contributed by atoms with E-state index in [2.05, 4.69) is 41.5 Å². The summed E-state index contributed by atoms with van der Waals surface area (Å²) in [6, 6.07) is 0. The highest BCUT2D eigenvalue weighted by atomic mass is 16.5.